The van der Waals surface area contributed by atoms with Gasteiger partial charge in [0.25, 0.3) is 0 Å². The van der Waals surface area contributed by atoms with Crippen LogP contribution in [0.1, 0.15) is 19.3 Å². The lowest BCUT2D eigenvalue weighted by Gasteiger charge is -2.30. The molecule has 0 radical (unpaired) electrons. The van der Waals surface area contributed by atoms with Gasteiger partial charge in [-0.25, -0.2) is 14.4 Å². The van der Waals surface area contributed by atoms with Crippen LogP contribution in [-0.2, 0) is 0 Å². The second-order valence-corrected chi connectivity index (χ2v) is 9.28. The SMILES string of the molecule is Fc1c(Nc2ncnc3cc(OCCN4CCC4)c(OC4CCNCC4)cc23)ccc(Cl)c1Cl. The van der Waals surface area contributed by atoms with Crippen molar-refractivity contribution in [2.24, 2.45) is 0 Å². The highest BCUT2D eigenvalue weighted by molar-refractivity contribution is 6.42. The van der Waals surface area contributed by atoms with Crippen molar-refractivity contribution in [3.63, 3.8) is 0 Å². The normalized spacial score (nSPS) is 16.9. The van der Waals surface area contributed by atoms with E-state index in [0.717, 1.165) is 45.6 Å². The second kappa shape index (κ2) is 10.5. The van der Waals surface area contributed by atoms with Crippen molar-refractivity contribution in [1.29, 1.82) is 0 Å². The summed E-state index contributed by atoms with van der Waals surface area (Å²) in [4.78, 5) is 11.1. The third kappa shape index (κ3) is 5.15. The smallest absolute Gasteiger partial charge is 0.166 e. The highest BCUT2D eigenvalue weighted by Crippen LogP contribution is 2.37. The first kappa shape index (κ1) is 23.4. The summed E-state index contributed by atoms with van der Waals surface area (Å²) in [5.74, 6) is 1.08. The molecule has 0 atom stereocenters. The van der Waals surface area contributed by atoms with E-state index in [2.05, 4.69) is 25.5 Å². The predicted octanol–water partition coefficient (Wildman–Crippen LogP) is 5.03. The first-order chi connectivity index (χ1) is 16.6. The first-order valence-electron chi connectivity index (χ1n) is 11.5. The first-order valence-corrected chi connectivity index (χ1v) is 12.3. The average molecular weight is 506 g/mol. The minimum absolute atomic E-state index is 0.0880. The van der Waals surface area contributed by atoms with E-state index >= 15 is 0 Å². The molecule has 34 heavy (non-hydrogen) atoms. The van der Waals surface area contributed by atoms with E-state index in [-0.39, 0.29) is 21.8 Å². The Bertz CT molecular complexity index is 1170. The fourth-order valence-corrected chi connectivity index (χ4v) is 4.41. The van der Waals surface area contributed by atoms with E-state index < -0.39 is 5.82 Å². The molecular formula is C24H26Cl2FN5O2. The number of benzene rings is 2. The van der Waals surface area contributed by atoms with E-state index in [4.69, 9.17) is 32.7 Å². The van der Waals surface area contributed by atoms with Gasteiger partial charge in [0.1, 0.15) is 24.9 Å². The average Bonchev–Trinajstić information content (AvgIpc) is 2.82. The van der Waals surface area contributed by atoms with Crippen LogP contribution in [0.5, 0.6) is 11.5 Å². The quantitative estimate of drug-likeness (QED) is 0.415. The summed E-state index contributed by atoms with van der Waals surface area (Å²) in [6.45, 7) is 5.50. The number of hydrogen-bond acceptors (Lipinski definition) is 7. The zero-order valence-electron chi connectivity index (χ0n) is 18.6. The van der Waals surface area contributed by atoms with Gasteiger partial charge in [-0.05, 0) is 63.6 Å². The van der Waals surface area contributed by atoms with Gasteiger partial charge in [-0.3, -0.25) is 4.90 Å². The fraction of sp³-hybridized carbons (Fsp3) is 0.417. The number of nitrogens with one attached hydrogen (secondary N) is 2. The lowest BCUT2D eigenvalue weighted by Crippen LogP contribution is -2.39. The molecule has 0 unspecified atom stereocenters. The molecule has 2 saturated heterocycles. The highest BCUT2D eigenvalue weighted by atomic mass is 35.5. The molecule has 0 bridgehead atoms. The van der Waals surface area contributed by atoms with Gasteiger partial charge in [0.15, 0.2) is 17.3 Å². The number of fused-ring (bicyclic) bond motifs is 1. The Kier molecular flexibility index (Phi) is 7.20. The second-order valence-electron chi connectivity index (χ2n) is 8.50. The number of anilines is 2. The topological polar surface area (TPSA) is 71.5 Å². The van der Waals surface area contributed by atoms with Gasteiger partial charge >= 0.3 is 0 Å². The van der Waals surface area contributed by atoms with Crippen LogP contribution in [0.25, 0.3) is 10.9 Å². The van der Waals surface area contributed by atoms with Gasteiger partial charge in [-0.15, -0.1) is 0 Å². The Morgan fingerprint density at radius 3 is 2.71 bits per heavy atom. The van der Waals surface area contributed by atoms with E-state index in [1.54, 1.807) is 0 Å². The van der Waals surface area contributed by atoms with Gasteiger partial charge in [-0.2, -0.15) is 0 Å². The molecule has 10 heteroatoms. The van der Waals surface area contributed by atoms with Crippen LogP contribution in [0.15, 0.2) is 30.6 Å². The Hall–Kier alpha value is -2.39. The molecule has 1 aromatic heterocycles. The highest BCUT2D eigenvalue weighted by Gasteiger charge is 2.20. The summed E-state index contributed by atoms with van der Waals surface area (Å²) in [5.41, 5.74) is 0.833. The maximum atomic E-state index is 14.7. The molecule has 3 aromatic rings. The van der Waals surface area contributed by atoms with E-state index in [1.807, 2.05) is 12.1 Å². The molecule has 2 N–H and O–H groups in total. The maximum Gasteiger partial charge on any atom is 0.166 e. The predicted molar refractivity (Wildman–Crippen MR) is 132 cm³/mol. The Balaban J connectivity index is 1.46. The molecule has 0 amide bonds. The molecule has 0 saturated carbocycles. The summed E-state index contributed by atoms with van der Waals surface area (Å²) in [6, 6.07) is 6.79. The maximum absolute atomic E-state index is 14.7. The van der Waals surface area contributed by atoms with Crippen LogP contribution < -0.4 is 20.1 Å². The molecule has 0 spiro atoms. The van der Waals surface area contributed by atoms with E-state index in [9.17, 15) is 4.39 Å². The fourth-order valence-electron chi connectivity index (χ4n) is 4.10. The third-order valence-electron chi connectivity index (χ3n) is 6.18. The molecule has 180 valence electrons. The summed E-state index contributed by atoms with van der Waals surface area (Å²) in [6.07, 6.45) is 4.58. The number of aromatic nitrogens is 2. The van der Waals surface area contributed by atoms with Crippen LogP contribution >= 0.6 is 23.2 Å². The molecule has 0 aliphatic carbocycles. The number of rotatable bonds is 8. The van der Waals surface area contributed by atoms with Crippen molar-refractivity contribution in [2.45, 2.75) is 25.4 Å². The van der Waals surface area contributed by atoms with Crippen molar-refractivity contribution in [3.8, 4) is 11.5 Å². The van der Waals surface area contributed by atoms with Crippen molar-refractivity contribution in [3.05, 3.63) is 46.5 Å². The zero-order valence-corrected chi connectivity index (χ0v) is 20.1. The van der Waals surface area contributed by atoms with Crippen LogP contribution in [0.4, 0.5) is 15.9 Å². The van der Waals surface area contributed by atoms with Gasteiger partial charge in [0.05, 0.1) is 21.2 Å². The van der Waals surface area contributed by atoms with E-state index in [0.29, 0.717) is 34.8 Å². The Morgan fingerprint density at radius 2 is 1.94 bits per heavy atom. The number of halogens is 3. The Labute approximate surface area is 207 Å². The van der Waals surface area contributed by atoms with Crippen molar-refractivity contribution in [2.75, 3.05) is 44.6 Å². The monoisotopic (exact) mass is 505 g/mol. The lowest BCUT2D eigenvalue weighted by atomic mass is 10.1. The summed E-state index contributed by atoms with van der Waals surface area (Å²) in [5, 5.41) is 7.07. The van der Waals surface area contributed by atoms with Gasteiger partial charge in [0.2, 0.25) is 0 Å². The van der Waals surface area contributed by atoms with Crippen LogP contribution in [0.3, 0.4) is 0 Å². The molecule has 2 aromatic carbocycles. The van der Waals surface area contributed by atoms with E-state index in [1.165, 1.54) is 24.9 Å². The van der Waals surface area contributed by atoms with Crippen molar-refractivity contribution >= 4 is 45.6 Å². The molecule has 2 fully saturated rings. The standard InChI is InChI=1S/C24H26Cl2FN5O2/c25-17-2-3-18(23(27)22(17)26)31-24-16-12-21(34-15-4-6-28-7-5-15)20(13-19(16)29-14-30-24)33-11-10-32-8-1-9-32/h2-3,12-15,28H,1,4-11H2,(H,29,30,31). The molecule has 7 nitrogen and oxygen atoms in total. The molecule has 2 aliphatic heterocycles. The van der Waals surface area contributed by atoms with Crippen LogP contribution in [0, 0.1) is 5.82 Å². The number of piperidine rings is 1. The number of ether oxygens (including phenoxy) is 2. The molecule has 5 rings (SSSR count). The Morgan fingerprint density at radius 1 is 1.12 bits per heavy atom. The van der Waals surface area contributed by atoms with Crippen molar-refractivity contribution in [1.82, 2.24) is 20.2 Å². The summed E-state index contributed by atoms with van der Waals surface area (Å²) < 4.78 is 27.2. The zero-order chi connectivity index (χ0) is 23.5. The van der Waals surface area contributed by atoms with Gasteiger partial charge in [-0.1, -0.05) is 23.2 Å². The summed E-state index contributed by atoms with van der Waals surface area (Å²) in [7, 11) is 0. The lowest BCUT2D eigenvalue weighted by molar-refractivity contribution is 0.134. The van der Waals surface area contributed by atoms with Gasteiger partial charge < -0.3 is 20.1 Å². The largest absolute Gasteiger partial charge is 0.488 e. The molecule has 2 aliphatic rings. The number of hydrogen-bond donors (Lipinski definition) is 2. The molecular weight excluding hydrogens is 480 g/mol. The van der Waals surface area contributed by atoms with Crippen LogP contribution in [0.2, 0.25) is 10.0 Å². The van der Waals surface area contributed by atoms with Crippen LogP contribution in [-0.4, -0.2) is 60.3 Å². The molecule has 3 heterocycles. The summed E-state index contributed by atoms with van der Waals surface area (Å²) >= 11 is 11.9. The minimum atomic E-state index is -0.641. The number of nitrogens with zero attached hydrogens (tertiary/aromatic N) is 3. The van der Waals surface area contributed by atoms with Crippen molar-refractivity contribution < 1.29 is 13.9 Å². The minimum Gasteiger partial charge on any atom is -0.488 e. The number of likely N-dealkylation sites (tertiary alicyclic amines) is 1. The van der Waals surface area contributed by atoms with Gasteiger partial charge in [0, 0.05) is 18.0 Å². The third-order valence-corrected chi connectivity index (χ3v) is 6.96.